The maximum Gasteiger partial charge on any atom is 0.263 e. The average molecular weight is 209 g/mol. The summed E-state index contributed by atoms with van der Waals surface area (Å²) in [5.74, 6) is 1.24. The van der Waals surface area contributed by atoms with E-state index in [-0.39, 0.29) is 6.61 Å². The van der Waals surface area contributed by atoms with Gasteiger partial charge in [0.05, 0.1) is 12.8 Å². The van der Waals surface area contributed by atoms with Gasteiger partial charge in [0.1, 0.15) is 11.4 Å². The molecule has 0 aromatic carbocycles. The molecule has 0 saturated heterocycles. The summed E-state index contributed by atoms with van der Waals surface area (Å²) in [5.41, 5.74) is 6.35. The summed E-state index contributed by atoms with van der Waals surface area (Å²) in [5, 5.41) is 16.4. The summed E-state index contributed by atoms with van der Waals surface area (Å²) in [6.07, 6.45) is 1.93. The number of aromatic nitrogens is 4. The third-order valence-electron chi connectivity index (χ3n) is 2.02. The van der Waals surface area contributed by atoms with Crippen molar-refractivity contribution in [2.75, 3.05) is 12.3 Å². The van der Waals surface area contributed by atoms with Crippen LogP contribution < -0.4 is 5.73 Å². The van der Waals surface area contributed by atoms with Crippen molar-refractivity contribution in [2.45, 2.75) is 6.42 Å². The molecule has 7 nitrogen and oxygen atoms in total. The minimum atomic E-state index is -0.0124. The van der Waals surface area contributed by atoms with Crippen LogP contribution in [0.2, 0.25) is 0 Å². The van der Waals surface area contributed by atoms with Crippen LogP contribution in [0, 0.1) is 0 Å². The number of nitrogens with two attached hydrogens (primary N) is 1. The lowest BCUT2D eigenvalue weighted by Gasteiger charge is -1.93. The molecule has 0 atom stereocenters. The van der Waals surface area contributed by atoms with Gasteiger partial charge in [0.15, 0.2) is 5.82 Å². The van der Waals surface area contributed by atoms with Gasteiger partial charge in [-0.15, -0.1) is 0 Å². The molecule has 2 aromatic heterocycles. The Morgan fingerprint density at radius 3 is 3.00 bits per heavy atom. The van der Waals surface area contributed by atoms with E-state index in [1.807, 2.05) is 0 Å². The Labute approximate surface area is 85.5 Å². The minimum absolute atomic E-state index is 0.0124. The minimum Gasteiger partial charge on any atom is -0.396 e. The molecule has 0 bridgehead atoms. The highest BCUT2D eigenvalue weighted by Gasteiger charge is 2.14. The van der Waals surface area contributed by atoms with Gasteiger partial charge in [-0.3, -0.25) is 4.68 Å². The summed E-state index contributed by atoms with van der Waals surface area (Å²) >= 11 is 0. The lowest BCUT2D eigenvalue weighted by atomic mass is 10.3. The third-order valence-corrected chi connectivity index (χ3v) is 2.02. The smallest absolute Gasteiger partial charge is 0.263 e. The molecule has 0 unspecified atom stereocenters. The second-order valence-corrected chi connectivity index (χ2v) is 3.06. The van der Waals surface area contributed by atoms with E-state index in [0.717, 1.165) is 0 Å². The molecule has 0 aliphatic carbocycles. The maximum absolute atomic E-state index is 8.70. The predicted octanol–water partition coefficient (Wildman–Crippen LogP) is -0.413. The van der Waals surface area contributed by atoms with Crippen molar-refractivity contribution in [3.05, 3.63) is 12.0 Å². The topological polar surface area (TPSA) is 103 Å². The molecule has 15 heavy (non-hydrogen) atoms. The molecular weight excluding hydrogens is 198 g/mol. The summed E-state index contributed by atoms with van der Waals surface area (Å²) in [6, 6.07) is 0. The molecule has 0 saturated carbocycles. The number of nitrogen functional groups attached to an aromatic ring is 1. The van der Waals surface area contributed by atoms with Crippen molar-refractivity contribution in [1.29, 1.82) is 0 Å². The Kier molecular flexibility index (Phi) is 2.38. The van der Waals surface area contributed by atoms with E-state index in [4.69, 9.17) is 15.4 Å². The van der Waals surface area contributed by atoms with Crippen molar-refractivity contribution >= 4 is 5.82 Å². The van der Waals surface area contributed by atoms with Crippen molar-refractivity contribution in [3.8, 4) is 11.5 Å². The number of aliphatic hydroxyl groups excluding tert-OH is 1. The fraction of sp³-hybridized carbons (Fsp3) is 0.375. The van der Waals surface area contributed by atoms with E-state index in [1.54, 1.807) is 13.2 Å². The zero-order valence-electron chi connectivity index (χ0n) is 8.21. The first-order chi connectivity index (χ1) is 7.22. The molecule has 0 spiro atoms. The molecule has 0 radical (unpaired) electrons. The largest absolute Gasteiger partial charge is 0.396 e. The van der Waals surface area contributed by atoms with Gasteiger partial charge < -0.3 is 15.4 Å². The predicted molar refractivity (Wildman–Crippen MR) is 51.7 cm³/mol. The first-order valence-corrected chi connectivity index (χ1v) is 4.43. The fourth-order valence-corrected chi connectivity index (χ4v) is 1.18. The maximum atomic E-state index is 8.70. The first-order valence-electron chi connectivity index (χ1n) is 4.43. The van der Waals surface area contributed by atoms with Gasteiger partial charge in [-0.25, -0.2) is 0 Å². The standard InChI is InChI=1S/C8H11N5O2/c1-13-7(9)5(4-10-13)8-11-6(2-3-14)12-15-8/h4,14H,2-3,9H2,1H3. The SMILES string of the molecule is Cn1ncc(-c2nc(CCO)no2)c1N. The van der Waals surface area contributed by atoms with Gasteiger partial charge in [-0.05, 0) is 0 Å². The number of nitrogens with zero attached hydrogens (tertiary/aromatic N) is 4. The summed E-state index contributed by atoms with van der Waals surface area (Å²) in [6.45, 7) is -0.0124. The number of rotatable bonds is 3. The van der Waals surface area contributed by atoms with E-state index < -0.39 is 0 Å². The van der Waals surface area contributed by atoms with Crippen molar-refractivity contribution in [3.63, 3.8) is 0 Å². The number of hydrogen-bond donors (Lipinski definition) is 2. The molecule has 0 aliphatic rings. The summed E-state index contributed by atoms with van der Waals surface area (Å²) < 4.78 is 6.51. The highest BCUT2D eigenvalue weighted by molar-refractivity contribution is 5.66. The lowest BCUT2D eigenvalue weighted by Crippen LogP contribution is -1.98. The van der Waals surface area contributed by atoms with Crippen LogP contribution in [0.4, 0.5) is 5.82 Å². The van der Waals surface area contributed by atoms with Gasteiger partial charge in [-0.2, -0.15) is 10.1 Å². The monoisotopic (exact) mass is 209 g/mol. The van der Waals surface area contributed by atoms with Crippen LogP contribution in [0.3, 0.4) is 0 Å². The van der Waals surface area contributed by atoms with Crippen LogP contribution in [-0.2, 0) is 13.5 Å². The zero-order chi connectivity index (χ0) is 10.8. The quantitative estimate of drug-likeness (QED) is 0.712. The van der Waals surface area contributed by atoms with E-state index in [1.165, 1.54) is 4.68 Å². The number of anilines is 1. The molecule has 0 aliphatic heterocycles. The Morgan fingerprint density at radius 2 is 2.40 bits per heavy atom. The molecule has 2 heterocycles. The van der Waals surface area contributed by atoms with Crippen LogP contribution in [0.1, 0.15) is 5.82 Å². The Bertz CT molecular complexity index is 461. The van der Waals surface area contributed by atoms with Gasteiger partial charge in [-0.1, -0.05) is 5.16 Å². The van der Waals surface area contributed by atoms with Crippen LogP contribution in [0.25, 0.3) is 11.5 Å². The number of aryl methyl sites for hydroxylation is 1. The third kappa shape index (κ3) is 1.68. The van der Waals surface area contributed by atoms with E-state index in [9.17, 15) is 0 Å². The highest BCUT2D eigenvalue weighted by atomic mass is 16.5. The van der Waals surface area contributed by atoms with Gasteiger partial charge in [0, 0.05) is 13.5 Å². The van der Waals surface area contributed by atoms with Crippen molar-refractivity contribution in [2.24, 2.45) is 7.05 Å². The molecule has 2 rings (SSSR count). The van der Waals surface area contributed by atoms with Gasteiger partial charge in [0.2, 0.25) is 0 Å². The lowest BCUT2D eigenvalue weighted by molar-refractivity contribution is 0.293. The molecular formula is C8H11N5O2. The van der Waals surface area contributed by atoms with Crippen LogP contribution in [0.15, 0.2) is 10.7 Å². The van der Waals surface area contributed by atoms with Crippen LogP contribution >= 0.6 is 0 Å². The Balaban J connectivity index is 2.33. The average Bonchev–Trinajstić information content (AvgIpc) is 2.77. The van der Waals surface area contributed by atoms with Crippen molar-refractivity contribution in [1.82, 2.24) is 19.9 Å². The summed E-state index contributed by atoms with van der Waals surface area (Å²) in [7, 11) is 1.73. The Hall–Kier alpha value is -1.89. The molecule has 0 fully saturated rings. The highest BCUT2D eigenvalue weighted by Crippen LogP contribution is 2.22. The normalized spacial score (nSPS) is 10.8. The fourth-order valence-electron chi connectivity index (χ4n) is 1.18. The van der Waals surface area contributed by atoms with Crippen LogP contribution in [-0.4, -0.2) is 31.6 Å². The molecule has 2 aromatic rings. The van der Waals surface area contributed by atoms with Gasteiger partial charge in [0.25, 0.3) is 5.89 Å². The summed E-state index contributed by atoms with van der Waals surface area (Å²) in [4.78, 5) is 4.07. The molecule has 80 valence electrons. The first kappa shape index (κ1) is 9.66. The molecule has 3 N–H and O–H groups in total. The zero-order valence-corrected chi connectivity index (χ0v) is 8.21. The number of aliphatic hydroxyl groups is 1. The molecule has 7 heteroatoms. The second kappa shape index (κ2) is 3.70. The van der Waals surface area contributed by atoms with E-state index in [0.29, 0.717) is 29.5 Å². The van der Waals surface area contributed by atoms with E-state index >= 15 is 0 Å². The van der Waals surface area contributed by atoms with Crippen molar-refractivity contribution < 1.29 is 9.63 Å². The van der Waals surface area contributed by atoms with Crippen LogP contribution in [0.5, 0.6) is 0 Å². The molecule has 0 amide bonds. The van der Waals surface area contributed by atoms with Gasteiger partial charge >= 0.3 is 0 Å². The second-order valence-electron chi connectivity index (χ2n) is 3.06. The number of hydrogen-bond acceptors (Lipinski definition) is 6. The van der Waals surface area contributed by atoms with E-state index in [2.05, 4.69) is 15.2 Å². The Morgan fingerprint density at radius 1 is 1.60 bits per heavy atom.